The zero-order chi connectivity index (χ0) is 25.2. The number of alkyl carbamates (subject to hydrolysis) is 1. The molecule has 0 bridgehead atoms. The van der Waals surface area contributed by atoms with Crippen LogP contribution in [-0.4, -0.2) is 61.0 Å². The molecule has 4 rings (SSSR count). The molecule has 1 fully saturated rings. The van der Waals surface area contributed by atoms with Gasteiger partial charge in [-0.25, -0.2) is 9.18 Å². The third-order valence-corrected chi connectivity index (χ3v) is 6.41. The zero-order valence-electron chi connectivity index (χ0n) is 20.6. The number of amides is 2. The van der Waals surface area contributed by atoms with Crippen LogP contribution in [-0.2, 0) is 25.4 Å². The van der Waals surface area contributed by atoms with Crippen molar-refractivity contribution in [2.45, 2.75) is 63.5 Å². The molecule has 2 amide bonds. The average Bonchev–Trinajstić information content (AvgIpc) is 2.82. The quantitative estimate of drug-likeness (QED) is 0.710. The maximum atomic E-state index is 13.8. The second-order valence-corrected chi connectivity index (χ2v) is 10.0. The van der Waals surface area contributed by atoms with Crippen LogP contribution in [0.4, 0.5) is 9.18 Å². The Labute approximate surface area is 205 Å². The Morgan fingerprint density at radius 2 is 1.83 bits per heavy atom. The maximum absolute atomic E-state index is 13.8. The van der Waals surface area contributed by atoms with Crippen LogP contribution in [0.5, 0.6) is 0 Å². The Bertz CT molecular complexity index is 1050. The first-order valence-electron chi connectivity index (χ1n) is 11.9. The molecule has 0 radical (unpaired) electrons. The van der Waals surface area contributed by atoms with Crippen LogP contribution in [0.1, 0.15) is 49.9 Å². The summed E-state index contributed by atoms with van der Waals surface area (Å²) in [7, 11) is 1.55. The number of hydrogen-bond acceptors (Lipinski definition) is 5. The molecule has 4 atom stereocenters. The number of halogens is 1. The SMILES string of the molecule is CO[C@H]1CO[C@@H](C(=O)N2CCc3ccccc3[C@@H]2c2ccc(F)cc2)C[C@@H]1NC(=O)OC(C)(C)C. The Hall–Kier alpha value is -2.97. The lowest BCUT2D eigenvalue weighted by atomic mass is 9.87. The standard InChI is InChI=1S/C27H33FN2O5/c1-27(2,3)35-26(32)29-21-15-22(34-16-23(21)33-4)25(31)30-14-13-17-7-5-6-8-20(17)24(30)18-9-11-19(28)12-10-18/h5-12,21-24H,13-16H2,1-4H3,(H,29,32)/t21-,22+,23-,24-/m0/s1. The van der Waals surface area contributed by atoms with Crippen LogP contribution in [0.15, 0.2) is 48.5 Å². The number of fused-ring (bicyclic) bond motifs is 1. The van der Waals surface area contributed by atoms with Gasteiger partial charge in [-0.1, -0.05) is 36.4 Å². The van der Waals surface area contributed by atoms with E-state index in [2.05, 4.69) is 11.4 Å². The highest BCUT2D eigenvalue weighted by atomic mass is 19.1. The van der Waals surface area contributed by atoms with Crippen molar-refractivity contribution in [3.05, 3.63) is 71.0 Å². The van der Waals surface area contributed by atoms with Crippen molar-refractivity contribution >= 4 is 12.0 Å². The van der Waals surface area contributed by atoms with E-state index in [9.17, 15) is 14.0 Å². The summed E-state index contributed by atoms with van der Waals surface area (Å²) >= 11 is 0. The van der Waals surface area contributed by atoms with Gasteiger partial charge in [0.1, 0.15) is 23.6 Å². The predicted molar refractivity (Wildman–Crippen MR) is 128 cm³/mol. The lowest BCUT2D eigenvalue weighted by Gasteiger charge is -2.42. The third kappa shape index (κ3) is 5.82. The minimum Gasteiger partial charge on any atom is -0.444 e. The van der Waals surface area contributed by atoms with Gasteiger partial charge in [0.05, 0.1) is 18.7 Å². The summed E-state index contributed by atoms with van der Waals surface area (Å²) < 4.78 is 30.5. The Morgan fingerprint density at radius 1 is 1.11 bits per heavy atom. The molecular weight excluding hydrogens is 451 g/mol. The maximum Gasteiger partial charge on any atom is 0.407 e. The topological polar surface area (TPSA) is 77.1 Å². The van der Waals surface area contributed by atoms with E-state index < -0.39 is 29.9 Å². The molecule has 0 aliphatic carbocycles. The molecule has 0 aromatic heterocycles. The molecule has 2 aliphatic heterocycles. The third-order valence-electron chi connectivity index (χ3n) is 6.41. The fourth-order valence-electron chi connectivity index (χ4n) is 4.79. The molecule has 8 heteroatoms. The summed E-state index contributed by atoms with van der Waals surface area (Å²) in [6.07, 6.45) is -0.748. The Balaban J connectivity index is 1.57. The van der Waals surface area contributed by atoms with E-state index in [-0.39, 0.29) is 30.8 Å². The normalized spacial score (nSPS) is 24.4. The van der Waals surface area contributed by atoms with Crippen LogP contribution >= 0.6 is 0 Å². The molecule has 7 nitrogen and oxygen atoms in total. The van der Waals surface area contributed by atoms with E-state index in [0.717, 1.165) is 11.1 Å². The molecule has 0 spiro atoms. The second kappa shape index (κ2) is 10.3. The van der Waals surface area contributed by atoms with Gasteiger partial charge in [0, 0.05) is 20.1 Å². The molecule has 2 aromatic carbocycles. The van der Waals surface area contributed by atoms with Crippen molar-refractivity contribution in [1.29, 1.82) is 0 Å². The van der Waals surface area contributed by atoms with Crippen LogP contribution < -0.4 is 5.32 Å². The molecule has 35 heavy (non-hydrogen) atoms. The van der Waals surface area contributed by atoms with Crippen LogP contribution in [0.2, 0.25) is 0 Å². The molecule has 1 N–H and O–H groups in total. The van der Waals surface area contributed by atoms with Crippen molar-refractivity contribution in [2.75, 3.05) is 20.3 Å². The van der Waals surface area contributed by atoms with Gasteiger partial charge >= 0.3 is 6.09 Å². The van der Waals surface area contributed by atoms with Gasteiger partial charge < -0.3 is 24.4 Å². The number of nitrogens with one attached hydrogen (secondary N) is 1. The lowest BCUT2D eigenvalue weighted by molar-refractivity contribution is -0.157. The van der Waals surface area contributed by atoms with Crippen molar-refractivity contribution in [1.82, 2.24) is 10.2 Å². The highest BCUT2D eigenvalue weighted by Crippen LogP contribution is 2.36. The summed E-state index contributed by atoms with van der Waals surface area (Å²) in [6, 6.07) is 13.5. The first kappa shape index (κ1) is 25.1. The number of nitrogens with zero attached hydrogens (tertiary/aromatic N) is 1. The number of methoxy groups -OCH3 is 1. The van der Waals surface area contributed by atoms with Gasteiger partial charge in [0.15, 0.2) is 0 Å². The smallest absolute Gasteiger partial charge is 0.407 e. The van der Waals surface area contributed by atoms with Crippen molar-refractivity contribution < 1.29 is 28.2 Å². The monoisotopic (exact) mass is 484 g/mol. The number of carbonyl (C=O) groups is 2. The van der Waals surface area contributed by atoms with E-state index in [1.807, 2.05) is 18.2 Å². The highest BCUT2D eigenvalue weighted by Gasteiger charge is 2.41. The molecule has 2 heterocycles. The first-order valence-corrected chi connectivity index (χ1v) is 11.9. The molecule has 0 saturated carbocycles. The predicted octanol–water partition coefficient (Wildman–Crippen LogP) is 4.00. The Morgan fingerprint density at radius 3 is 2.51 bits per heavy atom. The second-order valence-electron chi connectivity index (χ2n) is 10.0. The minimum absolute atomic E-state index is 0.166. The summed E-state index contributed by atoms with van der Waals surface area (Å²) in [6.45, 7) is 6.05. The van der Waals surface area contributed by atoms with E-state index in [0.29, 0.717) is 13.0 Å². The van der Waals surface area contributed by atoms with Gasteiger partial charge in [-0.3, -0.25) is 4.79 Å². The lowest BCUT2D eigenvalue weighted by Crippen LogP contribution is -2.56. The van der Waals surface area contributed by atoms with Gasteiger partial charge in [-0.2, -0.15) is 0 Å². The van der Waals surface area contributed by atoms with Gasteiger partial charge in [-0.15, -0.1) is 0 Å². The van der Waals surface area contributed by atoms with E-state index in [4.69, 9.17) is 14.2 Å². The number of carbonyl (C=O) groups excluding carboxylic acids is 2. The molecule has 188 valence electrons. The molecule has 1 saturated heterocycles. The van der Waals surface area contributed by atoms with Gasteiger partial charge in [-0.05, 0) is 56.0 Å². The van der Waals surface area contributed by atoms with E-state index in [1.54, 1.807) is 44.9 Å². The number of benzene rings is 2. The minimum atomic E-state index is -0.755. The summed E-state index contributed by atoms with van der Waals surface area (Å²) in [4.78, 5) is 28.0. The summed E-state index contributed by atoms with van der Waals surface area (Å²) in [5, 5.41) is 2.85. The van der Waals surface area contributed by atoms with Crippen LogP contribution in [0.25, 0.3) is 0 Å². The molecular formula is C27H33FN2O5. The Kier molecular flexibility index (Phi) is 7.42. The number of ether oxygens (including phenoxy) is 3. The number of hydrogen-bond donors (Lipinski definition) is 1. The van der Waals surface area contributed by atoms with Gasteiger partial charge in [0.25, 0.3) is 5.91 Å². The average molecular weight is 485 g/mol. The highest BCUT2D eigenvalue weighted by molar-refractivity contribution is 5.82. The largest absolute Gasteiger partial charge is 0.444 e. The molecule has 2 aliphatic rings. The van der Waals surface area contributed by atoms with Gasteiger partial charge in [0.2, 0.25) is 0 Å². The molecule has 2 aromatic rings. The van der Waals surface area contributed by atoms with Crippen molar-refractivity contribution in [3.63, 3.8) is 0 Å². The summed E-state index contributed by atoms with van der Waals surface area (Å²) in [5.41, 5.74) is 2.38. The first-order chi connectivity index (χ1) is 16.7. The van der Waals surface area contributed by atoms with Crippen molar-refractivity contribution in [2.24, 2.45) is 0 Å². The fourth-order valence-corrected chi connectivity index (χ4v) is 4.79. The van der Waals surface area contributed by atoms with Crippen molar-refractivity contribution in [3.8, 4) is 0 Å². The molecule has 0 unspecified atom stereocenters. The summed E-state index contributed by atoms with van der Waals surface area (Å²) in [5.74, 6) is -0.493. The van der Waals surface area contributed by atoms with Crippen LogP contribution in [0.3, 0.4) is 0 Å². The zero-order valence-corrected chi connectivity index (χ0v) is 20.6. The van der Waals surface area contributed by atoms with E-state index >= 15 is 0 Å². The van der Waals surface area contributed by atoms with Crippen LogP contribution in [0, 0.1) is 5.82 Å². The number of rotatable bonds is 4. The fraction of sp³-hybridized carbons (Fsp3) is 0.481. The van der Waals surface area contributed by atoms with E-state index in [1.165, 1.54) is 17.7 Å².